The Morgan fingerprint density at radius 1 is 1.21 bits per heavy atom. The number of aromatic nitrogens is 2. The van der Waals surface area contributed by atoms with Crippen molar-refractivity contribution in [2.75, 3.05) is 26.2 Å². The van der Waals surface area contributed by atoms with E-state index < -0.39 is 0 Å². The topological polar surface area (TPSA) is 97.6 Å². The third kappa shape index (κ3) is 5.69. The van der Waals surface area contributed by atoms with Crippen molar-refractivity contribution < 1.29 is 18.7 Å². The normalized spacial score (nSPS) is 14.4. The zero-order valence-electron chi connectivity index (χ0n) is 19.0. The predicted octanol–water partition coefficient (Wildman–Crippen LogP) is 4.07. The van der Waals surface area contributed by atoms with Crippen LogP contribution in [0, 0.1) is 5.92 Å². The summed E-state index contributed by atoms with van der Waals surface area (Å²) in [5.41, 5.74) is 1.15. The van der Waals surface area contributed by atoms with Gasteiger partial charge in [0.05, 0.1) is 12.8 Å². The summed E-state index contributed by atoms with van der Waals surface area (Å²) in [4.78, 5) is 35.3. The van der Waals surface area contributed by atoms with E-state index in [4.69, 9.17) is 9.15 Å². The molecule has 1 aliphatic heterocycles. The van der Waals surface area contributed by atoms with Crippen LogP contribution >= 0.6 is 0 Å². The van der Waals surface area contributed by atoms with Gasteiger partial charge in [0.15, 0.2) is 11.3 Å². The number of amides is 2. The molecule has 3 aromatic heterocycles. The Morgan fingerprint density at radius 2 is 2.06 bits per heavy atom. The van der Waals surface area contributed by atoms with Gasteiger partial charge < -0.3 is 19.4 Å². The minimum Gasteiger partial charge on any atom is -0.477 e. The number of piperidine rings is 1. The molecular formula is C25H30N4O4. The van der Waals surface area contributed by atoms with Gasteiger partial charge in [0.1, 0.15) is 5.56 Å². The predicted molar refractivity (Wildman–Crippen MR) is 124 cm³/mol. The Balaban J connectivity index is 1.15. The van der Waals surface area contributed by atoms with Gasteiger partial charge in [0.25, 0.3) is 11.8 Å². The molecule has 0 radical (unpaired) electrons. The molecule has 3 aromatic rings. The third-order valence-corrected chi connectivity index (χ3v) is 6.06. The first-order valence-electron chi connectivity index (χ1n) is 11.6. The highest BCUT2D eigenvalue weighted by molar-refractivity contribution is 5.96. The molecule has 33 heavy (non-hydrogen) atoms. The number of hydrogen-bond acceptors (Lipinski definition) is 6. The summed E-state index contributed by atoms with van der Waals surface area (Å²) in [6.45, 7) is 4.49. The zero-order chi connectivity index (χ0) is 23.0. The number of nitrogens with zero attached hydrogens (tertiary/aromatic N) is 3. The molecule has 2 amide bonds. The fourth-order valence-corrected chi connectivity index (χ4v) is 4.24. The van der Waals surface area contributed by atoms with Crippen LogP contribution in [0.2, 0.25) is 0 Å². The van der Waals surface area contributed by atoms with E-state index >= 15 is 0 Å². The summed E-state index contributed by atoms with van der Waals surface area (Å²) in [6.07, 6.45) is 9.98. The fraction of sp³-hybridized carbons (Fsp3) is 0.440. The van der Waals surface area contributed by atoms with Crippen LogP contribution in [0.5, 0.6) is 5.88 Å². The number of pyridine rings is 2. The van der Waals surface area contributed by atoms with Gasteiger partial charge in [-0.1, -0.05) is 12.8 Å². The summed E-state index contributed by atoms with van der Waals surface area (Å²) in [5, 5.41) is 3.80. The van der Waals surface area contributed by atoms with Gasteiger partial charge >= 0.3 is 0 Å². The number of carbonyl (C=O) groups excluding carboxylic acids is 2. The molecule has 1 N–H and O–H groups in total. The largest absolute Gasteiger partial charge is 0.477 e. The Bertz CT molecular complexity index is 1060. The molecule has 8 nitrogen and oxygen atoms in total. The monoisotopic (exact) mass is 450 g/mol. The Labute approximate surface area is 193 Å². The number of fused-ring (bicyclic) bond motifs is 1. The highest BCUT2D eigenvalue weighted by Crippen LogP contribution is 2.25. The average Bonchev–Trinajstić information content (AvgIpc) is 3.29. The van der Waals surface area contributed by atoms with Gasteiger partial charge in [-0.25, -0.2) is 4.98 Å². The number of hydrogen-bond donors (Lipinski definition) is 1. The van der Waals surface area contributed by atoms with Gasteiger partial charge in [0.2, 0.25) is 5.88 Å². The van der Waals surface area contributed by atoms with Crippen LogP contribution in [0.4, 0.5) is 0 Å². The second-order valence-electron chi connectivity index (χ2n) is 8.30. The first-order chi connectivity index (χ1) is 16.2. The maximum Gasteiger partial charge on any atom is 0.287 e. The molecule has 4 rings (SSSR count). The molecule has 4 heterocycles. The fourth-order valence-electron chi connectivity index (χ4n) is 4.24. The van der Waals surface area contributed by atoms with E-state index in [-0.39, 0.29) is 11.8 Å². The van der Waals surface area contributed by atoms with Crippen LogP contribution in [0.25, 0.3) is 11.0 Å². The molecule has 0 bridgehead atoms. The Kier molecular flexibility index (Phi) is 7.55. The van der Waals surface area contributed by atoms with E-state index in [2.05, 4.69) is 15.3 Å². The van der Waals surface area contributed by atoms with E-state index in [1.165, 1.54) is 0 Å². The van der Waals surface area contributed by atoms with Crippen molar-refractivity contribution in [3.8, 4) is 5.88 Å². The summed E-state index contributed by atoms with van der Waals surface area (Å²) < 4.78 is 11.1. The van der Waals surface area contributed by atoms with Gasteiger partial charge in [0, 0.05) is 37.4 Å². The lowest BCUT2D eigenvalue weighted by molar-refractivity contribution is 0.0680. The van der Waals surface area contributed by atoms with Gasteiger partial charge in [-0.15, -0.1) is 0 Å². The van der Waals surface area contributed by atoms with Crippen molar-refractivity contribution in [3.05, 3.63) is 54.2 Å². The number of likely N-dealkylation sites (tertiary alicyclic amines) is 1. The van der Waals surface area contributed by atoms with Crippen molar-refractivity contribution in [1.29, 1.82) is 0 Å². The number of furan rings is 1. The van der Waals surface area contributed by atoms with Crippen molar-refractivity contribution >= 4 is 22.8 Å². The molecule has 0 atom stereocenters. The van der Waals surface area contributed by atoms with Crippen molar-refractivity contribution in [2.24, 2.45) is 5.92 Å². The highest BCUT2D eigenvalue weighted by Gasteiger charge is 2.25. The number of carbonyl (C=O) groups is 2. The Morgan fingerprint density at radius 3 is 2.85 bits per heavy atom. The van der Waals surface area contributed by atoms with E-state index in [1.807, 2.05) is 17.9 Å². The molecule has 174 valence electrons. The van der Waals surface area contributed by atoms with Crippen LogP contribution < -0.4 is 10.1 Å². The van der Waals surface area contributed by atoms with E-state index in [0.29, 0.717) is 41.9 Å². The summed E-state index contributed by atoms with van der Waals surface area (Å²) in [6, 6.07) is 7.11. The summed E-state index contributed by atoms with van der Waals surface area (Å²) in [7, 11) is 0. The Hall–Kier alpha value is -3.42. The van der Waals surface area contributed by atoms with Crippen LogP contribution in [0.1, 0.15) is 59.9 Å². The number of unbranched alkanes of at least 4 members (excludes halogenated alkanes) is 1. The number of nitrogens with one attached hydrogen (secondary N) is 1. The van der Waals surface area contributed by atoms with Crippen LogP contribution in [-0.2, 0) is 0 Å². The first kappa shape index (κ1) is 22.8. The molecule has 8 heteroatoms. The summed E-state index contributed by atoms with van der Waals surface area (Å²) >= 11 is 0. The minimum atomic E-state index is -0.195. The maximum absolute atomic E-state index is 12.9. The molecule has 0 aliphatic carbocycles. The molecule has 0 unspecified atom stereocenters. The summed E-state index contributed by atoms with van der Waals surface area (Å²) in [5.74, 6) is 1.13. The maximum atomic E-state index is 12.9. The smallest absolute Gasteiger partial charge is 0.287 e. The van der Waals surface area contributed by atoms with Crippen molar-refractivity contribution in [1.82, 2.24) is 20.2 Å². The minimum absolute atomic E-state index is 0.00548. The van der Waals surface area contributed by atoms with Crippen LogP contribution in [0.3, 0.4) is 0 Å². The van der Waals surface area contributed by atoms with Crippen LogP contribution in [0.15, 0.2) is 47.3 Å². The van der Waals surface area contributed by atoms with Crippen molar-refractivity contribution in [3.63, 3.8) is 0 Å². The van der Waals surface area contributed by atoms with E-state index in [0.717, 1.165) is 50.6 Å². The standard InChI is InChI=1S/C25H30N4O4/c1-2-32-24-20(7-5-12-28-24)25(31)29-14-9-18(10-15-29)6-3-4-11-27-23(30)21-16-19-8-13-26-17-22(19)33-21/h5,7-8,12-13,16-18H,2-4,6,9-11,14-15H2,1H3,(H,27,30). The number of rotatable bonds is 9. The van der Waals surface area contributed by atoms with Crippen LogP contribution in [-0.4, -0.2) is 52.9 Å². The average molecular weight is 451 g/mol. The lowest BCUT2D eigenvalue weighted by Crippen LogP contribution is -2.38. The van der Waals surface area contributed by atoms with E-state index in [1.54, 1.807) is 36.8 Å². The molecule has 1 fully saturated rings. The SMILES string of the molecule is CCOc1ncccc1C(=O)N1CCC(CCCCNC(=O)c2cc3ccncc3o2)CC1. The number of ether oxygens (including phenoxy) is 1. The highest BCUT2D eigenvalue weighted by atomic mass is 16.5. The second-order valence-corrected chi connectivity index (χ2v) is 8.30. The molecule has 1 aliphatic rings. The molecule has 0 saturated carbocycles. The van der Waals surface area contributed by atoms with Gasteiger partial charge in [-0.2, -0.15) is 0 Å². The quantitative estimate of drug-likeness (QED) is 0.494. The molecule has 0 spiro atoms. The zero-order valence-corrected chi connectivity index (χ0v) is 19.0. The van der Waals surface area contributed by atoms with Gasteiger partial charge in [-0.05, 0) is 56.4 Å². The lowest BCUT2D eigenvalue weighted by Gasteiger charge is -2.32. The van der Waals surface area contributed by atoms with Crippen molar-refractivity contribution in [2.45, 2.75) is 39.0 Å². The lowest BCUT2D eigenvalue weighted by atomic mass is 9.91. The molecular weight excluding hydrogens is 420 g/mol. The van der Waals surface area contributed by atoms with E-state index in [9.17, 15) is 9.59 Å². The first-order valence-corrected chi connectivity index (χ1v) is 11.6. The third-order valence-electron chi connectivity index (χ3n) is 6.06. The van der Waals surface area contributed by atoms with Gasteiger partial charge in [-0.3, -0.25) is 14.6 Å². The molecule has 1 saturated heterocycles. The molecule has 0 aromatic carbocycles. The second kappa shape index (κ2) is 10.9.